The third-order valence-corrected chi connectivity index (χ3v) is 6.21. The molecular formula is C22H22FN5O2S. The van der Waals surface area contributed by atoms with Gasteiger partial charge in [-0.1, -0.05) is 30.3 Å². The summed E-state index contributed by atoms with van der Waals surface area (Å²) in [5.41, 5.74) is 1.27. The van der Waals surface area contributed by atoms with Gasteiger partial charge in [-0.3, -0.25) is 0 Å². The van der Waals surface area contributed by atoms with Crippen molar-refractivity contribution in [3.8, 4) is 0 Å². The zero-order chi connectivity index (χ0) is 22.0. The molecule has 1 aliphatic heterocycles. The molecule has 7 nitrogen and oxygen atoms in total. The van der Waals surface area contributed by atoms with Gasteiger partial charge < -0.3 is 4.90 Å². The minimum Gasteiger partial charge on any atom is -0.356 e. The van der Waals surface area contributed by atoms with E-state index in [9.17, 15) is 12.8 Å². The summed E-state index contributed by atoms with van der Waals surface area (Å²) in [4.78, 5) is 13.9. The average molecular weight is 440 g/mol. The Hall–Kier alpha value is -3.09. The summed E-state index contributed by atoms with van der Waals surface area (Å²) in [6, 6.07) is 11.9. The van der Waals surface area contributed by atoms with Crippen molar-refractivity contribution in [2.45, 2.75) is 18.9 Å². The molecule has 2 atom stereocenters. The Morgan fingerprint density at radius 3 is 2.74 bits per heavy atom. The van der Waals surface area contributed by atoms with Crippen LogP contribution in [-0.4, -0.2) is 37.7 Å². The lowest BCUT2D eigenvalue weighted by Crippen LogP contribution is -2.43. The summed E-state index contributed by atoms with van der Waals surface area (Å²) < 4.78 is 41.0. The summed E-state index contributed by atoms with van der Waals surface area (Å²) in [6.45, 7) is 8.51. The van der Waals surface area contributed by atoms with E-state index in [1.165, 1.54) is 24.7 Å². The van der Waals surface area contributed by atoms with Crippen molar-refractivity contribution in [3.63, 3.8) is 0 Å². The van der Waals surface area contributed by atoms with Gasteiger partial charge in [-0.25, -0.2) is 32.3 Å². The number of rotatable bonds is 5. The van der Waals surface area contributed by atoms with Crippen LogP contribution in [0, 0.1) is 18.3 Å². The third kappa shape index (κ3) is 4.65. The average Bonchev–Trinajstić information content (AvgIpc) is 2.76. The van der Waals surface area contributed by atoms with Crippen molar-refractivity contribution < 1.29 is 12.8 Å². The summed E-state index contributed by atoms with van der Waals surface area (Å²) >= 11 is 0. The maximum absolute atomic E-state index is 14.1. The number of nitrogens with zero attached hydrogens (tertiary/aromatic N) is 4. The predicted molar refractivity (Wildman–Crippen MR) is 118 cm³/mol. The van der Waals surface area contributed by atoms with Crippen molar-refractivity contribution in [1.29, 1.82) is 0 Å². The number of halogens is 1. The van der Waals surface area contributed by atoms with Crippen molar-refractivity contribution in [2.24, 2.45) is 5.92 Å². The molecule has 1 aliphatic rings. The Bertz CT molecular complexity index is 1240. The standard InChI is InChI=1S/C22H22FN5O2S/c1-24-20-11-17-19(12-18(20)23)25-14-26-22(17)28-10-6-9-16(13-28)21(27-31(2,29)30)15-7-4-3-5-8-15/h3-5,7-8,11-12,14,16,21,27H,6,9-10,13H2,2H3. The number of benzene rings is 2. The minimum absolute atomic E-state index is 0.0108. The second-order valence-corrected chi connectivity index (χ2v) is 9.54. The molecule has 1 fully saturated rings. The maximum atomic E-state index is 14.1. The molecule has 0 amide bonds. The summed E-state index contributed by atoms with van der Waals surface area (Å²) in [5.74, 6) is 0.0348. The number of aromatic nitrogens is 2. The van der Waals surface area contributed by atoms with Crippen LogP contribution in [0.3, 0.4) is 0 Å². The van der Waals surface area contributed by atoms with E-state index < -0.39 is 15.8 Å². The summed E-state index contributed by atoms with van der Waals surface area (Å²) in [6.07, 6.45) is 4.26. The van der Waals surface area contributed by atoms with Gasteiger partial charge in [0.2, 0.25) is 15.7 Å². The normalized spacial score (nSPS) is 18.0. The van der Waals surface area contributed by atoms with Crippen molar-refractivity contribution >= 4 is 32.4 Å². The highest BCUT2D eigenvalue weighted by Gasteiger charge is 2.31. The first-order valence-corrected chi connectivity index (χ1v) is 11.8. The van der Waals surface area contributed by atoms with Gasteiger partial charge in [-0.2, -0.15) is 0 Å². The number of nitrogens with one attached hydrogen (secondary N) is 1. The Labute approximate surface area is 180 Å². The van der Waals surface area contributed by atoms with E-state index in [1.54, 1.807) is 0 Å². The largest absolute Gasteiger partial charge is 0.356 e. The van der Waals surface area contributed by atoms with Gasteiger partial charge in [0.15, 0.2) is 0 Å². The van der Waals surface area contributed by atoms with E-state index in [-0.39, 0.29) is 17.6 Å². The van der Waals surface area contributed by atoms with Crippen LogP contribution in [-0.2, 0) is 10.0 Å². The monoisotopic (exact) mass is 439 g/mol. The van der Waals surface area contributed by atoms with Gasteiger partial charge in [0.1, 0.15) is 18.0 Å². The highest BCUT2D eigenvalue weighted by atomic mass is 32.2. The fraction of sp³-hybridized carbons (Fsp3) is 0.318. The fourth-order valence-electron chi connectivity index (χ4n) is 4.19. The first-order valence-electron chi connectivity index (χ1n) is 9.94. The molecule has 1 N–H and O–H groups in total. The van der Waals surface area contributed by atoms with E-state index in [4.69, 9.17) is 6.57 Å². The van der Waals surface area contributed by atoms with E-state index in [1.807, 2.05) is 30.3 Å². The molecule has 2 unspecified atom stereocenters. The van der Waals surface area contributed by atoms with E-state index in [2.05, 4.69) is 24.4 Å². The molecule has 0 saturated carbocycles. The van der Waals surface area contributed by atoms with E-state index >= 15 is 0 Å². The molecule has 160 valence electrons. The van der Waals surface area contributed by atoms with E-state index in [0.29, 0.717) is 23.3 Å². The lowest BCUT2D eigenvalue weighted by molar-refractivity contribution is 0.336. The Balaban J connectivity index is 1.70. The highest BCUT2D eigenvalue weighted by Crippen LogP contribution is 2.35. The molecule has 2 heterocycles. The van der Waals surface area contributed by atoms with Crippen LogP contribution in [0.4, 0.5) is 15.9 Å². The molecule has 2 aromatic carbocycles. The van der Waals surface area contributed by atoms with Crippen LogP contribution in [0.2, 0.25) is 0 Å². The van der Waals surface area contributed by atoms with Crippen molar-refractivity contribution in [3.05, 3.63) is 71.6 Å². The van der Waals surface area contributed by atoms with Crippen LogP contribution >= 0.6 is 0 Å². The van der Waals surface area contributed by atoms with Gasteiger partial charge in [-0.05, 0) is 36.5 Å². The maximum Gasteiger partial charge on any atom is 0.222 e. The van der Waals surface area contributed by atoms with Crippen LogP contribution in [0.15, 0.2) is 48.8 Å². The zero-order valence-corrected chi connectivity index (χ0v) is 17.8. The minimum atomic E-state index is -3.42. The van der Waals surface area contributed by atoms with Crippen LogP contribution < -0.4 is 9.62 Å². The van der Waals surface area contributed by atoms with Gasteiger partial charge in [0.05, 0.1) is 24.4 Å². The van der Waals surface area contributed by atoms with Gasteiger partial charge in [0, 0.05) is 18.5 Å². The topological polar surface area (TPSA) is 79.5 Å². The Kier molecular flexibility index (Phi) is 5.85. The molecule has 9 heteroatoms. The second kappa shape index (κ2) is 8.57. The summed E-state index contributed by atoms with van der Waals surface area (Å²) in [5, 5.41) is 0.614. The molecule has 0 bridgehead atoms. The molecule has 0 spiro atoms. The molecule has 0 aliphatic carbocycles. The van der Waals surface area contributed by atoms with Gasteiger partial charge >= 0.3 is 0 Å². The van der Waals surface area contributed by atoms with Gasteiger partial charge in [-0.15, -0.1) is 0 Å². The van der Waals surface area contributed by atoms with Crippen molar-refractivity contribution in [1.82, 2.24) is 14.7 Å². The molecule has 4 rings (SSSR count). The number of fused-ring (bicyclic) bond motifs is 1. The number of anilines is 1. The SMILES string of the molecule is [C-]#[N+]c1cc2c(N3CCCC(C(NS(C)(=O)=O)c4ccccc4)C3)ncnc2cc1F. The summed E-state index contributed by atoms with van der Waals surface area (Å²) in [7, 11) is -3.42. The molecule has 1 saturated heterocycles. The molecule has 1 aromatic heterocycles. The lowest BCUT2D eigenvalue weighted by atomic mass is 9.87. The predicted octanol–water partition coefficient (Wildman–Crippen LogP) is 3.83. The first-order chi connectivity index (χ1) is 14.9. The number of piperidine rings is 1. The van der Waals surface area contributed by atoms with Crippen LogP contribution in [0.1, 0.15) is 24.4 Å². The second-order valence-electron chi connectivity index (χ2n) is 7.76. The first kappa shape index (κ1) is 21.2. The quantitative estimate of drug-likeness (QED) is 0.612. The third-order valence-electron chi connectivity index (χ3n) is 5.53. The van der Waals surface area contributed by atoms with Crippen LogP contribution in [0.5, 0.6) is 0 Å². The number of hydrogen-bond donors (Lipinski definition) is 1. The molecular weight excluding hydrogens is 417 g/mol. The van der Waals surface area contributed by atoms with Gasteiger partial charge in [0.25, 0.3) is 0 Å². The Morgan fingerprint density at radius 1 is 1.26 bits per heavy atom. The van der Waals surface area contributed by atoms with Crippen molar-refractivity contribution in [2.75, 3.05) is 24.2 Å². The lowest BCUT2D eigenvalue weighted by Gasteiger charge is -2.38. The van der Waals surface area contributed by atoms with E-state index in [0.717, 1.165) is 24.9 Å². The zero-order valence-electron chi connectivity index (χ0n) is 17.0. The molecule has 3 aromatic rings. The fourth-order valence-corrected chi connectivity index (χ4v) is 4.98. The van der Waals surface area contributed by atoms with Crippen LogP contribution in [0.25, 0.3) is 15.7 Å². The Morgan fingerprint density at radius 2 is 2.03 bits per heavy atom. The molecule has 0 radical (unpaired) electrons. The smallest absolute Gasteiger partial charge is 0.222 e. The molecule has 31 heavy (non-hydrogen) atoms. The number of sulfonamides is 1. The highest BCUT2D eigenvalue weighted by molar-refractivity contribution is 7.88. The number of hydrogen-bond acceptors (Lipinski definition) is 5.